The maximum absolute atomic E-state index is 14.0. The first kappa shape index (κ1) is 19.3. The molecule has 0 spiro atoms. The van der Waals surface area contributed by atoms with E-state index < -0.39 is 5.82 Å². The van der Waals surface area contributed by atoms with Crippen LogP contribution in [0, 0.1) is 12.7 Å². The minimum Gasteiger partial charge on any atom is -0.301 e. The Bertz CT molecular complexity index is 984. The summed E-state index contributed by atoms with van der Waals surface area (Å²) >= 11 is 2.42. The molecule has 0 bridgehead atoms. The second kappa shape index (κ2) is 8.45. The van der Waals surface area contributed by atoms with Gasteiger partial charge in [-0.05, 0) is 26.0 Å². The predicted molar refractivity (Wildman–Crippen MR) is 108 cm³/mol. The Morgan fingerprint density at radius 1 is 1.19 bits per heavy atom. The molecule has 0 aliphatic carbocycles. The highest BCUT2D eigenvalue weighted by molar-refractivity contribution is 8.00. The Labute approximate surface area is 164 Å². The van der Waals surface area contributed by atoms with E-state index in [9.17, 15) is 14.0 Å². The van der Waals surface area contributed by atoms with Crippen molar-refractivity contribution < 1.29 is 14.0 Å². The number of nitrogens with zero attached hydrogens (tertiary/aromatic N) is 1. The van der Waals surface area contributed by atoms with Crippen molar-refractivity contribution in [1.29, 1.82) is 0 Å². The Balaban J connectivity index is 1.58. The highest BCUT2D eigenvalue weighted by atomic mass is 32.2. The van der Waals surface area contributed by atoms with Gasteiger partial charge >= 0.3 is 0 Å². The van der Waals surface area contributed by atoms with E-state index in [1.807, 2.05) is 36.6 Å². The fraction of sp³-hybridized carbons (Fsp3) is 0.150. The second-order valence-electron chi connectivity index (χ2n) is 5.94. The first-order valence-corrected chi connectivity index (χ1v) is 10.0. The molecule has 3 aromatic rings. The summed E-state index contributed by atoms with van der Waals surface area (Å²) in [5, 5.41) is 5.12. The smallest absolute Gasteiger partial charge is 0.236 e. The number of aryl methyl sites for hydroxylation is 1. The van der Waals surface area contributed by atoms with Crippen molar-refractivity contribution in [2.75, 3.05) is 11.1 Å². The van der Waals surface area contributed by atoms with E-state index in [1.165, 1.54) is 36.0 Å². The number of benzene rings is 2. The van der Waals surface area contributed by atoms with Gasteiger partial charge in [0.15, 0.2) is 10.9 Å². The molecule has 4 nitrogen and oxygen atoms in total. The number of anilines is 1. The average molecular weight is 401 g/mol. The summed E-state index contributed by atoms with van der Waals surface area (Å²) < 4.78 is 14.0. The van der Waals surface area contributed by atoms with Crippen LogP contribution in [-0.2, 0) is 4.79 Å². The van der Waals surface area contributed by atoms with Crippen LogP contribution in [0.5, 0.6) is 0 Å². The van der Waals surface area contributed by atoms with Crippen LogP contribution in [0.1, 0.15) is 22.8 Å². The van der Waals surface area contributed by atoms with Crippen LogP contribution in [0.15, 0.2) is 52.7 Å². The van der Waals surface area contributed by atoms with Gasteiger partial charge in [0.05, 0.1) is 11.4 Å². The van der Waals surface area contributed by atoms with Crippen molar-refractivity contribution in [3.8, 4) is 11.3 Å². The minimum absolute atomic E-state index is 0.0514. The van der Waals surface area contributed by atoms with E-state index in [1.54, 1.807) is 6.07 Å². The van der Waals surface area contributed by atoms with Gasteiger partial charge in [0.2, 0.25) is 5.91 Å². The highest BCUT2D eigenvalue weighted by Crippen LogP contribution is 2.26. The van der Waals surface area contributed by atoms with Crippen LogP contribution < -0.4 is 5.32 Å². The molecule has 0 aliphatic rings. The molecule has 27 heavy (non-hydrogen) atoms. The summed E-state index contributed by atoms with van der Waals surface area (Å²) in [6.07, 6.45) is 0. The summed E-state index contributed by atoms with van der Waals surface area (Å²) in [6.45, 7) is 3.40. The second-order valence-corrected chi connectivity index (χ2v) is 7.82. The van der Waals surface area contributed by atoms with E-state index in [2.05, 4.69) is 10.3 Å². The summed E-state index contributed by atoms with van der Waals surface area (Å²) in [4.78, 5) is 28.1. The van der Waals surface area contributed by atoms with Crippen molar-refractivity contribution in [2.24, 2.45) is 0 Å². The third-order valence-corrected chi connectivity index (χ3v) is 5.60. The lowest BCUT2D eigenvalue weighted by atomic mass is 10.1. The third-order valence-electron chi connectivity index (χ3n) is 3.80. The van der Waals surface area contributed by atoms with Gasteiger partial charge in [0.1, 0.15) is 5.82 Å². The summed E-state index contributed by atoms with van der Waals surface area (Å²) in [7, 11) is 0. The maximum Gasteiger partial charge on any atom is 0.236 e. The number of aromatic nitrogens is 1. The van der Waals surface area contributed by atoms with Crippen molar-refractivity contribution in [3.63, 3.8) is 0 Å². The molecule has 0 saturated heterocycles. The first-order chi connectivity index (χ1) is 12.9. The molecule has 2 aromatic carbocycles. The van der Waals surface area contributed by atoms with Gasteiger partial charge in [-0.2, -0.15) is 0 Å². The average Bonchev–Trinajstić information content (AvgIpc) is 3.09. The molecular formula is C20H17FN2O2S2. The molecule has 138 valence electrons. The summed E-state index contributed by atoms with van der Waals surface area (Å²) in [5.74, 6) is -0.914. The fourth-order valence-corrected chi connectivity index (χ4v) is 3.78. The number of hydrogen-bond donors (Lipinski definition) is 1. The van der Waals surface area contributed by atoms with E-state index in [0.717, 1.165) is 23.0 Å². The van der Waals surface area contributed by atoms with Crippen molar-refractivity contribution in [3.05, 3.63) is 64.8 Å². The van der Waals surface area contributed by atoms with Crippen LogP contribution in [0.4, 0.5) is 9.52 Å². The minimum atomic E-state index is -0.503. The number of thioether (sulfide) groups is 1. The molecule has 1 heterocycles. The number of nitrogens with one attached hydrogen (secondary N) is 1. The SMILES string of the molecule is CC(=O)c1ccc(SCC(=O)Nc2nc(-c3ccc(C)cc3)cs2)c(F)c1. The van der Waals surface area contributed by atoms with Gasteiger partial charge in [0.25, 0.3) is 0 Å². The van der Waals surface area contributed by atoms with E-state index >= 15 is 0 Å². The number of halogens is 1. The molecule has 1 amide bonds. The molecule has 1 N–H and O–H groups in total. The quantitative estimate of drug-likeness (QED) is 0.457. The van der Waals surface area contributed by atoms with Crippen LogP contribution in [0.3, 0.4) is 0 Å². The maximum atomic E-state index is 14.0. The molecule has 0 unspecified atom stereocenters. The predicted octanol–water partition coefficient (Wildman–Crippen LogP) is 5.19. The topological polar surface area (TPSA) is 59.1 Å². The van der Waals surface area contributed by atoms with Gasteiger partial charge in [-0.3, -0.25) is 9.59 Å². The Kier molecular flexibility index (Phi) is 6.03. The normalized spacial score (nSPS) is 10.6. The zero-order valence-corrected chi connectivity index (χ0v) is 16.4. The van der Waals surface area contributed by atoms with Gasteiger partial charge in [-0.15, -0.1) is 23.1 Å². The first-order valence-electron chi connectivity index (χ1n) is 8.18. The molecule has 1 aromatic heterocycles. The molecule has 0 fully saturated rings. The number of rotatable bonds is 6. The Hall–Kier alpha value is -2.51. The largest absolute Gasteiger partial charge is 0.301 e. The van der Waals surface area contributed by atoms with Gasteiger partial charge in [-0.1, -0.05) is 35.9 Å². The number of carbonyl (C=O) groups excluding carboxylic acids is 2. The number of thiazole rings is 1. The van der Waals surface area contributed by atoms with Crippen molar-refractivity contribution in [1.82, 2.24) is 4.98 Å². The summed E-state index contributed by atoms with van der Waals surface area (Å²) in [5.41, 5.74) is 3.27. The van der Waals surface area contributed by atoms with Gasteiger partial charge in [0, 0.05) is 21.4 Å². The number of amides is 1. The Morgan fingerprint density at radius 3 is 2.59 bits per heavy atom. The van der Waals surface area contributed by atoms with E-state index in [-0.39, 0.29) is 17.4 Å². The molecule has 3 rings (SSSR count). The lowest BCUT2D eigenvalue weighted by Crippen LogP contribution is -2.14. The van der Waals surface area contributed by atoms with E-state index in [0.29, 0.717) is 15.6 Å². The number of hydrogen-bond acceptors (Lipinski definition) is 5. The standard InChI is InChI=1S/C20H17FN2O2S2/c1-12-3-5-14(6-4-12)17-10-27-20(22-17)23-19(25)11-26-18-8-7-15(13(2)24)9-16(18)21/h3-10H,11H2,1-2H3,(H,22,23,25). The van der Waals surface area contributed by atoms with Crippen molar-refractivity contribution >= 4 is 39.9 Å². The van der Waals surface area contributed by atoms with Crippen LogP contribution >= 0.6 is 23.1 Å². The number of carbonyl (C=O) groups is 2. The number of ketones is 1. The zero-order valence-electron chi connectivity index (χ0n) is 14.8. The van der Waals surface area contributed by atoms with Crippen LogP contribution in [-0.4, -0.2) is 22.4 Å². The van der Waals surface area contributed by atoms with E-state index in [4.69, 9.17) is 0 Å². The lowest BCUT2D eigenvalue weighted by Gasteiger charge is -2.05. The molecular weight excluding hydrogens is 383 g/mol. The van der Waals surface area contributed by atoms with Gasteiger partial charge in [-0.25, -0.2) is 9.37 Å². The zero-order chi connectivity index (χ0) is 19.4. The summed E-state index contributed by atoms with van der Waals surface area (Å²) in [6, 6.07) is 12.3. The number of Topliss-reactive ketones (excluding diaryl/α,β-unsaturated/α-hetero) is 1. The monoisotopic (exact) mass is 400 g/mol. The van der Waals surface area contributed by atoms with Crippen LogP contribution in [0.25, 0.3) is 11.3 Å². The van der Waals surface area contributed by atoms with Crippen LogP contribution in [0.2, 0.25) is 0 Å². The lowest BCUT2D eigenvalue weighted by molar-refractivity contribution is -0.113. The van der Waals surface area contributed by atoms with Gasteiger partial charge < -0.3 is 5.32 Å². The molecule has 7 heteroatoms. The molecule has 0 atom stereocenters. The fourth-order valence-electron chi connectivity index (χ4n) is 2.32. The third kappa shape index (κ3) is 5.02. The van der Waals surface area contributed by atoms with Crippen molar-refractivity contribution in [2.45, 2.75) is 18.7 Å². The molecule has 0 radical (unpaired) electrons. The Morgan fingerprint density at radius 2 is 1.93 bits per heavy atom. The molecule has 0 saturated carbocycles. The molecule has 0 aliphatic heterocycles. The highest BCUT2D eigenvalue weighted by Gasteiger charge is 2.11.